The maximum atomic E-state index is 11.8. The number of hydrogen-bond donors (Lipinski definition) is 1. The van der Waals surface area contributed by atoms with E-state index in [1.54, 1.807) is 18.2 Å². The van der Waals surface area contributed by atoms with Crippen LogP contribution in [0.2, 0.25) is 0 Å². The lowest BCUT2D eigenvalue weighted by Gasteiger charge is -2.05. The van der Waals surface area contributed by atoms with Crippen molar-refractivity contribution >= 4 is 11.6 Å². The Hall–Kier alpha value is -1.82. The second-order valence-electron chi connectivity index (χ2n) is 5.11. The molecule has 0 saturated carbocycles. The molecule has 0 aliphatic heterocycles. The van der Waals surface area contributed by atoms with Gasteiger partial charge in [-0.2, -0.15) is 5.26 Å². The van der Waals surface area contributed by atoms with Crippen molar-refractivity contribution in [1.29, 1.82) is 5.26 Å². The molecule has 0 unspecified atom stereocenters. The smallest absolute Gasteiger partial charge is 0.224 e. The molecule has 1 rings (SSSR count). The first kappa shape index (κ1) is 16.2. The van der Waals surface area contributed by atoms with Gasteiger partial charge in [0.15, 0.2) is 0 Å². The maximum Gasteiger partial charge on any atom is 0.224 e. The first-order chi connectivity index (χ1) is 9.76. The molecular formula is C17H24N2O. The van der Waals surface area contributed by atoms with E-state index in [1.807, 2.05) is 6.07 Å². The number of unbranched alkanes of at least 4 members (excludes halogenated alkanes) is 6. The fourth-order valence-electron chi connectivity index (χ4n) is 2.13. The number of nitrogens with zero attached hydrogens (tertiary/aromatic N) is 1. The summed E-state index contributed by atoms with van der Waals surface area (Å²) >= 11 is 0. The summed E-state index contributed by atoms with van der Waals surface area (Å²) in [6, 6.07) is 9.08. The SMILES string of the molecule is CCCCCCCCCC(=O)Nc1cccc(C#N)c1. The Morgan fingerprint density at radius 3 is 2.55 bits per heavy atom. The van der Waals surface area contributed by atoms with E-state index in [-0.39, 0.29) is 5.91 Å². The highest BCUT2D eigenvalue weighted by Crippen LogP contribution is 2.12. The van der Waals surface area contributed by atoms with Crippen LogP contribution in [0.1, 0.15) is 63.9 Å². The molecule has 1 aromatic carbocycles. The Balaban J connectivity index is 2.15. The number of hydrogen-bond acceptors (Lipinski definition) is 2. The van der Waals surface area contributed by atoms with Crippen LogP contribution < -0.4 is 5.32 Å². The molecule has 0 aromatic heterocycles. The van der Waals surface area contributed by atoms with Gasteiger partial charge in [0.2, 0.25) is 5.91 Å². The predicted molar refractivity (Wildman–Crippen MR) is 82.4 cm³/mol. The molecule has 3 nitrogen and oxygen atoms in total. The van der Waals surface area contributed by atoms with E-state index in [0.29, 0.717) is 17.7 Å². The predicted octanol–water partition coefficient (Wildman–Crippen LogP) is 4.64. The summed E-state index contributed by atoms with van der Waals surface area (Å²) in [7, 11) is 0. The number of nitrogens with one attached hydrogen (secondary N) is 1. The van der Waals surface area contributed by atoms with Crippen LogP contribution in [-0.4, -0.2) is 5.91 Å². The molecule has 20 heavy (non-hydrogen) atoms. The fraction of sp³-hybridized carbons (Fsp3) is 0.529. The van der Waals surface area contributed by atoms with E-state index in [4.69, 9.17) is 5.26 Å². The lowest BCUT2D eigenvalue weighted by atomic mass is 10.1. The zero-order valence-electron chi connectivity index (χ0n) is 12.3. The molecule has 108 valence electrons. The highest BCUT2D eigenvalue weighted by molar-refractivity contribution is 5.90. The number of anilines is 1. The van der Waals surface area contributed by atoms with Gasteiger partial charge in [-0.15, -0.1) is 0 Å². The molecule has 0 bridgehead atoms. The zero-order chi connectivity index (χ0) is 14.6. The highest BCUT2D eigenvalue weighted by atomic mass is 16.1. The van der Waals surface area contributed by atoms with Gasteiger partial charge in [-0.1, -0.05) is 51.5 Å². The summed E-state index contributed by atoms with van der Waals surface area (Å²) in [5.74, 6) is 0.0358. The average molecular weight is 272 g/mol. The van der Waals surface area contributed by atoms with E-state index in [1.165, 1.54) is 32.1 Å². The molecule has 0 atom stereocenters. The van der Waals surface area contributed by atoms with Crippen molar-refractivity contribution in [3.63, 3.8) is 0 Å². The third-order valence-electron chi connectivity index (χ3n) is 3.28. The lowest BCUT2D eigenvalue weighted by molar-refractivity contribution is -0.116. The van der Waals surface area contributed by atoms with Crippen LogP contribution in [0.25, 0.3) is 0 Å². The van der Waals surface area contributed by atoms with Gasteiger partial charge >= 0.3 is 0 Å². The quantitative estimate of drug-likeness (QED) is 0.666. The normalized spacial score (nSPS) is 10.0. The Labute approximate surface area is 122 Å². The van der Waals surface area contributed by atoms with Crippen LogP contribution in [-0.2, 0) is 4.79 Å². The van der Waals surface area contributed by atoms with Crippen molar-refractivity contribution in [3.8, 4) is 6.07 Å². The van der Waals surface area contributed by atoms with Crippen LogP contribution in [0.4, 0.5) is 5.69 Å². The first-order valence-corrected chi connectivity index (χ1v) is 7.56. The van der Waals surface area contributed by atoms with E-state index in [0.717, 1.165) is 12.8 Å². The van der Waals surface area contributed by atoms with Gasteiger partial charge in [0.05, 0.1) is 11.6 Å². The van der Waals surface area contributed by atoms with Crippen molar-refractivity contribution in [2.24, 2.45) is 0 Å². The monoisotopic (exact) mass is 272 g/mol. The summed E-state index contributed by atoms with van der Waals surface area (Å²) in [6.45, 7) is 2.21. The minimum atomic E-state index is 0.0358. The minimum absolute atomic E-state index is 0.0358. The van der Waals surface area contributed by atoms with Gasteiger partial charge in [0.25, 0.3) is 0 Å². The number of amides is 1. The second-order valence-corrected chi connectivity index (χ2v) is 5.11. The molecule has 1 aromatic rings. The molecule has 3 heteroatoms. The molecule has 1 N–H and O–H groups in total. The summed E-state index contributed by atoms with van der Waals surface area (Å²) in [5.41, 5.74) is 1.27. The largest absolute Gasteiger partial charge is 0.326 e. The van der Waals surface area contributed by atoms with Crippen molar-refractivity contribution in [1.82, 2.24) is 0 Å². The van der Waals surface area contributed by atoms with E-state index in [2.05, 4.69) is 18.3 Å². The van der Waals surface area contributed by atoms with Gasteiger partial charge in [-0.3, -0.25) is 4.79 Å². The van der Waals surface area contributed by atoms with Crippen molar-refractivity contribution < 1.29 is 4.79 Å². The standard InChI is InChI=1S/C17H24N2O/c1-2-3-4-5-6-7-8-12-17(20)19-16-11-9-10-15(13-16)14-18/h9-11,13H,2-8,12H2,1H3,(H,19,20). The van der Waals surface area contributed by atoms with E-state index in [9.17, 15) is 4.79 Å². The maximum absolute atomic E-state index is 11.8. The Morgan fingerprint density at radius 1 is 1.15 bits per heavy atom. The van der Waals surface area contributed by atoms with Gasteiger partial charge in [0, 0.05) is 12.1 Å². The van der Waals surface area contributed by atoms with E-state index < -0.39 is 0 Å². The molecule has 0 fully saturated rings. The molecule has 0 aliphatic carbocycles. The number of carbonyl (C=O) groups is 1. The highest BCUT2D eigenvalue weighted by Gasteiger charge is 2.02. The van der Waals surface area contributed by atoms with Gasteiger partial charge in [-0.05, 0) is 24.6 Å². The number of benzene rings is 1. The van der Waals surface area contributed by atoms with Crippen LogP contribution >= 0.6 is 0 Å². The Bertz CT molecular complexity index is 449. The zero-order valence-corrected chi connectivity index (χ0v) is 12.3. The first-order valence-electron chi connectivity index (χ1n) is 7.56. The summed E-state index contributed by atoms with van der Waals surface area (Å²) in [5, 5.41) is 11.6. The Kier molecular flexibility index (Phi) is 8.14. The minimum Gasteiger partial charge on any atom is -0.326 e. The molecule has 1 amide bonds. The van der Waals surface area contributed by atoms with Crippen LogP contribution in [0.5, 0.6) is 0 Å². The lowest BCUT2D eigenvalue weighted by Crippen LogP contribution is -2.11. The summed E-state index contributed by atoms with van der Waals surface area (Å²) in [6.07, 6.45) is 9.01. The number of carbonyl (C=O) groups excluding carboxylic acids is 1. The van der Waals surface area contributed by atoms with Gasteiger partial charge in [-0.25, -0.2) is 0 Å². The molecule has 0 radical (unpaired) electrons. The topological polar surface area (TPSA) is 52.9 Å². The summed E-state index contributed by atoms with van der Waals surface area (Å²) in [4.78, 5) is 11.8. The third-order valence-corrected chi connectivity index (χ3v) is 3.28. The fourth-order valence-corrected chi connectivity index (χ4v) is 2.13. The molecule has 0 heterocycles. The van der Waals surface area contributed by atoms with Crippen molar-refractivity contribution in [2.45, 2.75) is 58.3 Å². The molecule has 0 saturated heterocycles. The molecule has 0 aliphatic rings. The molecular weight excluding hydrogens is 248 g/mol. The van der Waals surface area contributed by atoms with Gasteiger partial charge in [0.1, 0.15) is 0 Å². The van der Waals surface area contributed by atoms with Crippen molar-refractivity contribution in [2.75, 3.05) is 5.32 Å². The summed E-state index contributed by atoms with van der Waals surface area (Å²) < 4.78 is 0. The molecule has 0 spiro atoms. The number of nitriles is 1. The second kappa shape index (κ2) is 10.0. The van der Waals surface area contributed by atoms with Crippen LogP contribution in [0, 0.1) is 11.3 Å². The van der Waals surface area contributed by atoms with Gasteiger partial charge < -0.3 is 5.32 Å². The average Bonchev–Trinajstić information content (AvgIpc) is 2.46. The van der Waals surface area contributed by atoms with E-state index >= 15 is 0 Å². The van der Waals surface area contributed by atoms with Crippen LogP contribution in [0.15, 0.2) is 24.3 Å². The van der Waals surface area contributed by atoms with Crippen LogP contribution in [0.3, 0.4) is 0 Å². The van der Waals surface area contributed by atoms with Crippen molar-refractivity contribution in [3.05, 3.63) is 29.8 Å². The number of rotatable bonds is 9. The Morgan fingerprint density at radius 2 is 1.85 bits per heavy atom. The third kappa shape index (κ3) is 6.94.